The van der Waals surface area contributed by atoms with Gasteiger partial charge in [0.25, 0.3) is 11.5 Å². The molecule has 0 N–H and O–H groups in total. The van der Waals surface area contributed by atoms with Crippen molar-refractivity contribution < 1.29 is 14.3 Å². The number of carbonyl (C=O) groups excluding carboxylic acids is 2. The van der Waals surface area contributed by atoms with Gasteiger partial charge >= 0.3 is 0 Å². The normalized spacial score (nSPS) is 15.9. The number of likely N-dealkylation sites (N-methyl/N-ethyl adjacent to an activating group) is 1. The first-order valence-electron chi connectivity index (χ1n) is 9.55. The fourth-order valence-electron chi connectivity index (χ4n) is 3.47. The Morgan fingerprint density at radius 1 is 1.33 bits per heavy atom. The summed E-state index contributed by atoms with van der Waals surface area (Å²) in [5.41, 5.74) is 1.74. The molecule has 3 rings (SSSR count). The van der Waals surface area contributed by atoms with Crippen LogP contribution in [0.2, 0.25) is 0 Å². The lowest BCUT2D eigenvalue weighted by Gasteiger charge is -2.28. The first kappa shape index (κ1) is 21.9. The van der Waals surface area contributed by atoms with Gasteiger partial charge in [0.1, 0.15) is 17.4 Å². The Morgan fingerprint density at radius 2 is 2.07 bits per heavy atom. The molecule has 9 heteroatoms. The van der Waals surface area contributed by atoms with Crippen LogP contribution in [-0.2, 0) is 18.4 Å². The highest BCUT2D eigenvalue weighted by molar-refractivity contribution is 7.99. The minimum Gasteiger partial charge on any atom is -0.497 e. The van der Waals surface area contributed by atoms with E-state index in [1.165, 1.54) is 28.4 Å². The van der Waals surface area contributed by atoms with Gasteiger partial charge in [-0.2, -0.15) is 5.10 Å². The molecule has 1 aliphatic rings. The summed E-state index contributed by atoms with van der Waals surface area (Å²) in [6.07, 6.45) is 0. The molecular formula is C21H26N4O4S. The molecule has 0 saturated carbocycles. The van der Waals surface area contributed by atoms with E-state index in [1.807, 2.05) is 24.3 Å². The first-order chi connectivity index (χ1) is 14.2. The summed E-state index contributed by atoms with van der Waals surface area (Å²) in [6.45, 7) is 3.87. The van der Waals surface area contributed by atoms with Gasteiger partial charge in [0.2, 0.25) is 5.91 Å². The Labute approximate surface area is 179 Å². The van der Waals surface area contributed by atoms with E-state index in [0.29, 0.717) is 29.4 Å². The molecule has 0 spiro atoms. The minimum absolute atomic E-state index is 0.0840. The molecule has 1 saturated heterocycles. The molecular weight excluding hydrogens is 404 g/mol. The zero-order chi connectivity index (χ0) is 22.0. The summed E-state index contributed by atoms with van der Waals surface area (Å²) in [7, 11) is 4.84. The Kier molecular flexibility index (Phi) is 6.50. The number of rotatable bonds is 5. The van der Waals surface area contributed by atoms with E-state index < -0.39 is 17.5 Å². The van der Waals surface area contributed by atoms with Crippen molar-refractivity contribution in [3.8, 4) is 5.75 Å². The van der Waals surface area contributed by atoms with Gasteiger partial charge in [0, 0.05) is 26.4 Å². The Morgan fingerprint density at radius 3 is 2.77 bits per heavy atom. The summed E-state index contributed by atoms with van der Waals surface area (Å²) in [5, 5.41) is 4.13. The van der Waals surface area contributed by atoms with Crippen molar-refractivity contribution in [2.24, 2.45) is 7.05 Å². The van der Waals surface area contributed by atoms with Gasteiger partial charge in [-0.3, -0.25) is 14.4 Å². The lowest BCUT2D eigenvalue weighted by Crippen LogP contribution is -2.49. The van der Waals surface area contributed by atoms with Crippen LogP contribution in [0.4, 0.5) is 0 Å². The molecule has 160 valence electrons. The largest absolute Gasteiger partial charge is 0.497 e. The predicted octanol–water partition coefficient (Wildman–Crippen LogP) is 1.58. The monoisotopic (exact) mass is 430 g/mol. The highest BCUT2D eigenvalue weighted by Crippen LogP contribution is 2.25. The summed E-state index contributed by atoms with van der Waals surface area (Å²) >= 11 is 1.50. The third-order valence-corrected chi connectivity index (χ3v) is 6.31. The maximum Gasteiger partial charge on any atom is 0.279 e. The van der Waals surface area contributed by atoms with E-state index in [0.717, 1.165) is 11.3 Å². The molecule has 2 aromatic rings. The van der Waals surface area contributed by atoms with Gasteiger partial charge in [0.15, 0.2) is 0 Å². The number of amides is 2. The quantitative estimate of drug-likeness (QED) is 0.716. The van der Waals surface area contributed by atoms with Crippen molar-refractivity contribution in [3.63, 3.8) is 0 Å². The van der Waals surface area contributed by atoms with Crippen LogP contribution in [0.3, 0.4) is 0 Å². The van der Waals surface area contributed by atoms with Crippen LogP contribution in [0.15, 0.2) is 29.1 Å². The van der Waals surface area contributed by atoms with E-state index in [-0.39, 0.29) is 11.5 Å². The lowest BCUT2D eigenvalue weighted by molar-refractivity contribution is -0.134. The minimum atomic E-state index is -0.615. The van der Waals surface area contributed by atoms with Gasteiger partial charge in [-0.15, -0.1) is 11.8 Å². The van der Waals surface area contributed by atoms with Crippen LogP contribution < -0.4 is 10.3 Å². The fraction of sp³-hybridized carbons (Fsp3) is 0.429. The second kappa shape index (κ2) is 8.91. The van der Waals surface area contributed by atoms with Crippen molar-refractivity contribution >= 4 is 23.6 Å². The average Bonchev–Trinajstić information content (AvgIpc) is 3.21. The number of aryl methyl sites for hydroxylation is 2. The van der Waals surface area contributed by atoms with Crippen LogP contribution >= 0.6 is 11.8 Å². The van der Waals surface area contributed by atoms with Gasteiger partial charge in [-0.1, -0.05) is 12.1 Å². The van der Waals surface area contributed by atoms with Gasteiger partial charge < -0.3 is 14.5 Å². The molecule has 1 fully saturated rings. The summed E-state index contributed by atoms with van der Waals surface area (Å²) in [6, 6.07) is 6.90. The van der Waals surface area contributed by atoms with E-state index in [2.05, 4.69) is 5.10 Å². The Balaban J connectivity index is 1.82. The summed E-state index contributed by atoms with van der Waals surface area (Å²) in [4.78, 5) is 42.1. The second-order valence-electron chi connectivity index (χ2n) is 7.35. The van der Waals surface area contributed by atoms with Crippen LogP contribution in [0.25, 0.3) is 0 Å². The molecule has 0 bridgehead atoms. The summed E-state index contributed by atoms with van der Waals surface area (Å²) < 4.78 is 6.41. The third kappa shape index (κ3) is 4.21. The maximum atomic E-state index is 13.3. The zero-order valence-electron chi connectivity index (χ0n) is 17.8. The van der Waals surface area contributed by atoms with Gasteiger partial charge in [0.05, 0.1) is 18.7 Å². The molecule has 30 heavy (non-hydrogen) atoms. The first-order valence-corrected chi connectivity index (χ1v) is 10.7. The lowest BCUT2D eigenvalue weighted by atomic mass is 10.1. The number of hydrogen-bond acceptors (Lipinski definition) is 6. The molecule has 1 atom stereocenters. The number of ether oxygens (including phenoxy) is 1. The van der Waals surface area contributed by atoms with E-state index in [9.17, 15) is 14.4 Å². The van der Waals surface area contributed by atoms with Crippen LogP contribution in [-0.4, -0.2) is 63.2 Å². The maximum absolute atomic E-state index is 13.3. The second-order valence-corrected chi connectivity index (χ2v) is 8.35. The van der Waals surface area contributed by atoms with Crippen molar-refractivity contribution in [3.05, 3.63) is 57.0 Å². The summed E-state index contributed by atoms with van der Waals surface area (Å²) in [5.74, 6) is 1.01. The number of methoxy groups -OCH3 is 1. The fourth-order valence-corrected chi connectivity index (χ4v) is 4.61. The molecule has 2 amide bonds. The van der Waals surface area contributed by atoms with E-state index in [1.54, 1.807) is 32.9 Å². The molecule has 0 aliphatic carbocycles. The number of thioether (sulfide) groups is 1. The van der Waals surface area contributed by atoms with E-state index in [4.69, 9.17) is 4.74 Å². The number of hydrogen-bond donors (Lipinski definition) is 0. The Hall–Kier alpha value is -2.81. The van der Waals surface area contributed by atoms with Crippen molar-refractivity contribution in [2.45, 2.75) is 26.4 Å². The van der Waals surface area contributed by atoms with Gasteiger partial charge in [-0.25, -0.2) is 4.68 Å². The molecule has 2 heterocycles. The molecule has 1 aromatic carbocycles. The van der Waals surface area contributed by atoms with Crippen LogP contribution in [0.5, 0.6) is 5.75 Å². The molecule has 1 unspecified atom stereocenters. The SMILES string of the molecule is COc1cccc(CN(C)C(=O)C2CSCN2C(=O)c2c(C)c(C)nn(C)c2=O)c1. The van der Waals surface area contributed by atoms with Crippen LogP contribution in [0, 0.1) is 13.8 Å². The van der Waals surface area contributed by atoms with E-state index >= 15 is 0 Å². The van der Waals surface area contributed by atoms with Crippen molar-refractivity contribution in [1.29, 1.82) is 0 Å². The highest BCUT2D eigenvalue weighted by Gasteiger charge is 2.38. The number of nitrogens with zero attached hydrogens (tertiary/aromatic N) is 4. The highest BCUT2D eigenvalue weighted by atomic mass is 32.2. The van der Waals surface area contributed by atoms with Crippen LogP contribution in [0.1, 0.15) is 27.2 Å². The zero-order valence-corrected chi connectivity index (χ0v) is 18.7. The number of carbonyl (C=O) groups is 2. The smallest absolute Gasteiger partial charge is 0.279 e. The topological polar surface area (TPSA) is 84.7 Å². The Bertz CT molecular complexity index is 1040. The third-order valence-electron chi connectivity index (χ3n) is 5.30. The standard InChI is InChI=1S/C21H26N4O4S/c1-13-14(2)22-24(4)20(27)18(13)21(28)25-12-30-11-17(25)19(26)23(3)10-15-7-6-8-16(9-15)29-5/h6-9,17H,10-12H2,1-5H3. The predicted molar refractivity (Wildman–Crippen MR) is 116 cm³/mol. The molecule has 1 aliphatic heterocycles. The average molecular weight is 431 g/mol. The van der Waals surface area contributed by atoms with Crippen molar-refractivity contribution in [2.75, 3.05) is 25.8 Å². The molecule has 0 radical (unpaired) electrons. The van der Waals surface area contributed by atoms with Gasteiger partial charge in [-0.05, 0) is 37.1 Å². The number of benzene rings is 1. The molecule has 1 aromatic heterocycles. The molecule has 8 nitrogen and oxygen atoms in total. The van der Waals surface area contributed by atoms with Crippen molar-refractivity contribution in [1.82, 2.24) is 19.6 Å². The number of aromatic nitrogens is 2.